The Hall–Kier alpha value is -2.53. The van der Waals surface area contributed by atoms with Gasteiger partial charge in [-0.3, -0.25) is 4.57 Å². The number of alkyl halides is 2. The molecule has 0 unspecified atom stereocenters. The molecule has 2 N–H and O–H groups in total. The Morgan fingerprint density at radius 3 is 2.24 bits per heavy atom. The lowest BCUT2D eigenvalue weighted by Gasteiger charge is -2.25. The quantitative estimate of drug-likeness (QED) is 0.258. The third kappa shape index (κ3) is 6.54. The van der Waals surface area contributed by atoms with Gasteiger partial charge in [0.2, 0.25) is 10.0 Å². The minimum atomic E-state index is -5.85. The van der Waals surface area contributed by atoms with Crippen molar-refractivity contribution in [1.82, 2.24) is 4.31 Å². The molecule has 0 fully saturated rings. The van der Waals surface area contributed by atoms with Gasteiger partial charge in [-0.1, -0.05) is 61.0 Å². The number of para-hydroxylation sites is 2. The Morgan fingerprint density at radius 2 is 1.63 bits per heavy atom. The van der Waals surface area contributed by atoms with Crippen molar-refractivity contribution in [2.24, 2.45) is 0 Å². The molecule has 0 aliphatic heterocycles. The van der Waals surface area contributed by atoms with Crippen LogP contribution in [0.1, 0.15) is 30.0 Å². The zero-order valence-electron chi connectivity index (χ0n) is 20.6. The molecular weight excluding hydrogens is 563 g/mol. The van der Waals surface area contributed by atoms with E-state index in [1.165, 1.54) is 19.2 Å². The number of nitrogens with zero attached hydrogens (tertiary/aromatic N) is 1. The molecule has 0 aromatic heterocycles. The highest BCUT2D eigenvalue weighted by molar-refractivity contribution is 7.89. The lowest BCUT2D eigenvalue weighted by atomic mass is 10.1. The second-order valence-corrected chi connectivity index (χ2v) is 12.2. The van der Waals surface area contributed by atoms with Gasteiger partial charge in [0, 0.05) is 18.7 Å². The second kappa shape index (κ2) is 12.1. The number of methoxy groups -OCH3 is 1. The maximum absolute atomic E-state index is 14.3. The second-order valence-electron chi connectivity index (χ2n) is 8.28. The minimum Gasteiger partial charge on any atom is -0.495 e. The molecule has 3 rings (SSSR count). The van der Waals surface area contributed by atoms with Gasteiger partial charge >= 0.3 is 13.3 Å². The van der Waals surface area contributed by atoms with E-state index in [0.29, 0.717) is 17.9 Å². The first-order valence-electron chi connectivity index (χ1n) is 11.4. The number of hydrogen-bond donors (Lipinski definition) is 2. The van der Waals surface area contributed by atoms with Gasteiger partial charge in [0.25, 0.3) is 0 Å². The normalized spacial score (nSPS) is 12.5. The lowest BCUT2D eigenvalue weighted by Crippen LogP contribution is -2.31. The SMILES string of the molecule is CCCOc1ccccc1CN(Cc1ccc(C(F)(F)P(=O)(O)O)c(Cl)c1)S(=O)(=O)c1ccccc1OC. The third-order valence-corrected chi connectivity index (χ3v) is 8.67. The Morgan fingerprint density at radius 1 is 1.00 bits per heavy atom. The minimum absolute atomic E-state index is 0.106. The average Bonchev–Trinajstić information content (AvgIpc) is 2.87. The van der Waals surface area contributed by atoms with Crippen molar-refractivity contribution in [1.29, 1.82) is 0 Å². The van der Waals surface area contributed by atoms with Crippen LogP contribution in [0.25, 0.3) is 0 Å². The monoisotopic (exact) mass is 589 g/mol. The summed E-state index contributed by atoms with van der Waals surface area (Å²) in [4.78, 5) is 18.0. The van der Waals surface area contributed by atoms with Crippen LogP contribution in [-0.4, -0.2) is 36.2 Å². The van der Waals surface area contributed by atoms with Gasteiger partial charge in [0.15, 0.2) is 0 Å². The van der Waals surface area contributed by atoms with Crippen LogP contribution < -0.4 is 9.47 Å². The predicted molar refractivity (Wildman–Crippen MR) is 139 cm³/mol. The van der Waals surface area contributed by atoms with E-state index in [-0.39, 0.29) is 29.3 Å². The fraction of sp³-hybridized carbons (Fsp3) is 0.280. The summed E-state index contributed by atoms with van der Waals surface area (Å²) < 4.78 is 79.7. The standard InChI is InChI=1S/C25H27ClF2NO7PS/c1-3-14-36-22-9-5-4-8-19(22)17-29(38(33,34)24-11-7-6-10-23(24)35-2)16-18-12-13-20(21(26)15-18)25(27,28)37(30,31)32/h4-13,15H,3,14,16-17H2,1-2H3,(H2,30,31,32). The average molecular weight is 590 g/mol. The molecule has 0 aliphatic rings. The smallest absolute Gasteiger partial charge is 0.399 e. The van der Waals surface area contributed by atoms with E-state index in [1.807, 2.05) is 6.92 Å². The van der Waals surface area contributed by atoms with Gasteiger partial charge in [-0.2, -0.15) is 13.1 Å². The lowest BCUT2D eigenvalue weighted by molar-refractivity contribution is 0.0565. The first-order valence-corrected chi connectivity index (χ1v) is 14.8. The molecule has 13 heteroatoms. The van der Waals surface area contributed by atoms with E-state index >= 15 is 0 Å². The molecule has 0 bridgehead atoms. The highest BCUT2D eigenvalue weighted by atomic mass is 35.5. The summed E-state index contributed by atoms with van der Waals surface area (Å²) >= 11 is 5.99. The Bertz CT molecular complexity index is 1430. The zero-order chi connectivity index (χ0) is 28.1. The largest absolute Gasteiger partial charge is 0.495 e. The molecule has 3 aromatic rings. The van der Waals surface area contributed by atoms with E-state index < -0.39 is 33.9 Å². The van der Waals surface area contributed by atoms with Crippen LogP contribution >= 0.6 is 19.2 Å². The van der Waals surface area contributed by atoms with E-state index in [2.05, 4.69) is 0 Å². The topological polar surface area (TPSA) is 113 Å². The van der Waals surface area contributed by atoms with Crippen molar-refractivity contribution in [3.63, 3.8) is 0 Å². The van der Waals surface area contributed by atoms with E-state index in [4.69, 9.17) is 30.9 Å². The van der Waals surface area contributed by atoms with Gasteiger partial charge in [0.05, 0.1) is 24.3 Å². The Labute approximate surface area is 225 Å². The molecule has 206 valence electrons. The van der Waals surface area contributed by atoms with Crippen LogP contribution in [0.15, 0.2) is 71.6 Å². The van der Waals surface area contributed by atoms with Crippen LogP contribution in [0.2, 0.25) is 5.02 Å². The van der Waals surface area contributed by atoms with Crippen LogP contribution in [-0.2, 0) is 33.3 Å². The van der Waals surface area contributed by atoms with Crippen molar-refractivity contribution in [3.05, 3.63) is 88.4 Å². The molecule has 38 heavy (non-hydrogen) atoms. The molecule has 8 nitrogen and oxygen atoms in total. The van der Waals surface area contributed by atoms with Crippen molar-refractivity contribution >= 4 is 29.2 Å². The maximum Gasteiger partial charge on any atom is 0.399 e. The number of halogens is 3. The van der Waals surface area contributed by atoms with Crippen molar-refractivity contribution in [2.75, 3.05) is 13.7 Å². The number of sulfonamides is 1. The zero-order valence-corrected chi connectivity index (χ0v) is 23.0. The van der Waals surface area contributed by atoms with Crippen molar-refractivity contribution < 1.29 is 41.0 Å². The molecule has 0 saturated heterocycles. The first-order chi connectivity index (χ1) is 17.8. The van der Waals surface area contributed by atoms with Crippen LogP contribution in [0.4, 0.5) is 8.78 Å². The van der Waals surface area contributed by atoms with Gasteiger partial charge in [-0.25, -0.2) is 8.42 Å². The summed E-state index contributed by atoms with van der Waals surface area (Å²) in [5.74, 6) is 0.604. The fourth-order valence-corrected chi connectivity index (χ4v) is 6.09. The predicted octanol–water partition coefficient (Wildman–Crippen LogP) is 5.76. The molecule has 0 amide bonds. The molecule has 0 saturated carbocycles. The van der Waals surface area contributed by atoms with E-state index in [1.54, 1.807) is 36.4 Å². The number of rotatable bonds is 12. The highest BCUT2D eigenvalue weighted by Crippen LogP contribution is 2.60. The van der Waals surface area contributed by atoms with Gasteiger partial charge < -0.3 is 19.3 Å². The summed E-state index contributed by atoms with van der Waals surface area (Å²) in [6.07, 6.45) is 0.738. The van der Waals surface area contributed by atoms with Crippen LogP contribution in [0.3, 0.4) is 0 Å². The van der Waals surface area contributed by atoms with Gasteiger partial charge in [0.1, 0.15) is 16.4 Å². The maximum atomic E-state index is 14.3. The molecule has 0 aliphatic carbocycles. The summed E-state index contributed by atoms with van der Waals surface area (Å²) in [5.41, 5.74) is -4.80. The number of hydrogen-bond acceptors (Lipinski definition) is 5. The van der Waals surface area contributed by atoms with Crippen LogP contribution in [0.5, 0.6) is 11.5 Å². The first kappa shape index (κ1) is 30.0. The third-order valence-electron chi connectivity index (χ3n) is 5.55. The Balaban J connectivity index is 2.07. The van der Waals surface area contributed by atoms with E-state index in [0.717, 1.165) is 28.9 Å². The van der Waals surface area contributed by atoms with Crippen molar-refractivity contribution in [2.45, 2.75) is 37.0 Å². The van der Waals surface area contributed by atoms with E-state index in [9.17, 15) is 21.8 Å². The summed E-state index contributed by atoms with van der Waals surface area (Å²) in [6, 6.07) is 16.0. The molecule has 0 spiro atoms. The summed E-state index contributed by atoms with van der Waals surface area (Å²) in [7, 11) is -8.72. The number of ether oxygens (including phenoxy) is 2. The summed E-state index contributed by atoms with van der Waals surface area (Å²) in [5, 5.41) is -0.614. The Kier molecular flexibility index (Phi) is 9.57. The molecule has 0 radical (unpaired) electrons. The van der Waals surface area contributed by atoms with Crippen LogP contribution in [0, 0.1) is 0 Å². The fourth-order valence-electron chi connectivity index (χ4n) is 3.64. The molecule has 0 atom stereocenters. The van der Waals surface area contributed by atoms with Gasteiger partial charge in [-0.15, -0.1) is 0 Å². The molecule has 0 heterocycles. The van der Waals surface area contributed by atoms with Crippen molar-refractivity contribution in [3.8, 4) is 11.5 Å². The number of benzene rings is 3. The summed E-state index contributed by atoms with van der Waals surface area (Å²) in [6.45, 7) is 1.91. The molecular formula is C25H27ClF2NO7PS. The van der Waals surface area contributed by atoms with Gasteiger partial charge in [-0.05, 0) is 36.2 Å². The highest BCUT2D eigenvalue weighted by Gasteiger charge is 2.51. The molecule has 3 aromatic carbocycles.